The number of ether oxygens (including phenoxy) is 1. The first-order valence-electron chi connectivity index (χ1n) is 8.71. The fourth-order valence-electron chi connectivity index (χ4n) is 3.22. The zero-order valence-corrected chi connectivity index (χ0v) is 14.5. The number of carbonyl (C=O) groups excluding carboxylic acids is 1. The van der Waals surface area contributed by atoms with E-state index in [-0.39, 0.29) is 29.9 Å². The second-order valence-corrected chi connectivity index (χ2v) is 6.45. The fraction of sp³-hybridized carbons (Fsp3) is 0.250. The first-order chi connectivity index (χ1) is 13.1. The van der Waals surface area contributed by atoms with Crippen LogP contribution in [0.4, 0.5) is 4.39 Å². The largest absolute Gasteiger partial charge is 0.370 e. The van der Waals surface area contributed by atoms with E-state index in [1.807, 2.05) is 12.1 Å². The molecule has 3 aromatic rings. The second-order valence-electron chi connectivity index (χ2n) is 6.45. The van der Waals surface area contributed by atoms with Gasteiger partial charge in [-0.2, -0.15) is 5.10 Å². The van der Waals surface area contributed by atoms with Crippen molar-refractivity contribution in [2.75, 3.05) is 19.7 Å². The van der Waals surface area contributed by atoms with Crippen LogP contribution in [-0.4, -0.2) is 40.3 Å². The number of aromatic nitrogens is 2. The molecule has 0 bridgehead atoms. The van der Waals surface area contributed by atoms with Gasteiger partial charge in [0.1, 0.15) is 18.5 Å². The third-order valence-electron chi connectivity index (χ3n) is 4.71. The van der Waals surface area contributed by atoms with E-state index in [4.69, 9.17) is 4.74 Å². The minimum absolute atomic E-state index is 0.125. The highest BCUT2D eigenvalue weighted by molar-refractivity contribution is 5.81. The molecule has 1 aliphatic rings. The summed E-state index contributed by atoms with van der Waals surface area (Å²) in [6.07, 6.45) is 1.27. The van der Waals surface area contributed by atoms with Crippen LogP contribution in [0.25, 0.3) is 10.8 Å². The highest BCUT2D eigenvalue weighted by atomic mass is 19.1. The molecule has 1 amide bonds. The maximum Gasteiger partial charge on any atom is 0.275 e. The van der Waals surface area contributed by atoms with Gasteiger partial charge in [0.25, 0.3) is 5.56 Å². The summed E-state index contributed by atoms with van der Waals surface area (Å²) in [5, 5.41) is 5.39. The Labute approximate surface area is 154 Å². The highest BCUT2D eigenvalue weighted by Crippen LogP contribution is 2.22. The lowest BCUT2D eigenvalue weighted by Crippen LogP contribution is -2.44. The molecular formula is C20H18FN3O3. The topological polar surface area (TPSA) is 64.4 Å². The van der Waals surface area contributed by atoms with Crippen LogP contribution in [0, 0.1) is 5.82 Å². The van der Waals surface area contributed by atoms with Gasteiger partial charge in [-0.15, -0.1) is 0 Å². The quantitative estimate of drug-likeness (QED) is 0.712. The Hall–Kier alpha value is -3.06. The Balaban J connectivity index is 1.50. The summed E-state index contributed by atoms with van der Waals surface area (Å²) in [4.78, 5) is 26.9. The molecule has 0 aliphatic carbocycles. The summed E-state index contributed by atoms with van der Waals surface area (Å²) >= 11 is 0. The molecule has 1 saturated heterocycles. The zero-order chi connectivity index (χ0) is 18.8. The summed E-state index contributed by atoms with van der Waals surface area (Å²) < 4.78 is 20.0. The molecule has 1 fully saturated rings. The third-order valence-corrected chi connectivity index (χ3v) is 4.71. The number of carbonyl (C=O) groups is 1. The van der Waals surface area contributed by atoms with Gasteiger partial charge in [-0.25, -0.2) is 9.07 Å². The Morgan fingerprint density at radius 3 is 2.78 bits per heavy atom. The number of rotatable bonds is 3. The molecule has 4 rings (SSSR count). The molecular weight excluding hydrogens is 349 g/mol. The molecule has 0 saturated carbocycles. The molecule has 0 spiro atoms. The smallest absolute Gasteiger partial charge is 0.275 e. The van der Waals surface area contributed by atoms with Crippen molar-refractivity contribution in [3.63, 3.8) is 0 Å². The van der Waals surface area contributed by atoms with E-state index in [9.17, 15) is 14.0 Å². The van der Waals surface area contributed by atoms with E-state index < -0.39 is 0 Å². The van der Waals surface area contributed by atoms with Crippen LogP contribution in [0.1, 0.15) is 11.7 Å². The molecule has 6 nitrogen and oxygen atoms in total. The van der Waals surface area contributed by atoms with Gasteiger partial charge in [-0.3, -0.25) is 9.59 Å². The minimum atomic E-state index is -0.316. The van der Waals surface area contributed by atoms with Gasteiger partial charge in [0.2, 0.25) is 5.91 Å². The molecule has 0 N–H and O–H groups in total. The van der Waals surface area contributed by atoms with Crippen LogP contribution in [0.3, 0.4) is 0 Å². The summed E-state index contributed by atoms with van der Waals surface area (Å²) in [5.41, 5.74) is 0.527. The van der Waals surface area contributed by atoms with Gasteiger partial charge in [0, 0.05) is 11.9 Å². The lowest BCUT2D eigenvalue weighted by molar-refractivity contribution is -0.139. The van der Waals surface area contributed by atoms with Crippen molar-refractivity contribution < 1.29 is 13.9 Å². The van der Waals surface area contributed by atoms with Crippen LogP contribution in [0.15, 0.2) is 59.5 Å². The molecule has 2 aromatic carbocycles. The van der Waals surface area contributed by atoms with E-state index in [1.54, 1.807) is 35.4 Å². The van der Waals surface area contributed by atoms with Gasteiger partial charge in [-0.1, -0.05) is 30.3 Å². The predicted molar refractivity (Wildman–Crippen MR) is 97.7 cm³/mol. The average Bonchev–Trinajstić information content (AvgIpc) is 2.71. The first-order valence-corrected chi connectivity index (χ1v) is 8.71. The van der Waals surface area contributed by atoms with Crippen molar-refractivity contribution in [2.45, 2.75) is 12.6 Å². The number of benzene rings is 2. The number of nitrogens with zero attached hydrogens (tertiary/aromatic N) is 3. The number of amides is 1. The number of morpholine rings is 1. The SMILES string of the molecule is O=C(Cn1ncc2ccccc2c1=O)N1CCO[C@H](c2ccc(F)cc2)C1. The summed E-state index contributed by atoms with van der Waals surface area (Å²) in [6.45, 7) is 1.05. The van der Waals surface area contributed by atoms with Gasteiger partial charge in [0.15, 0.2) is 0 Å². The zero-order valence-electron chi connectivity index (χ0n) is 14.5. The standard InChI is InChI=1S/C20H18FN3O3/c21-16-7-5-14(6-8-16)18-12-23(9-10-27-18)19(25)13-24-20(26)17-4-2-1-3-15(17)11-22-24/h1-8,11,18H,9-10,12-13H2/t18-/m0/s1. The van der Waals surface area contributed by atoms with Crippen molar-refractivity contribution >= 4 is 16.7 Å². The lowest BCUT2D eigenvalue weighted by Gasteiger charge is -2.33. The molecule has 7 heteroatoms. The molecule has 0 unspecified atom stereocenters. The van der Waals surface area contributed by atoms with Gasteiger partial charge in [0.05, 0.1) is 24.7 Å². The molecule has 1 aliphatic heterocycles. The molecule has 138 valence electrons. The Morgan fingerprint density at radius 2 is 1.96 bits per heavy atom. The summed E-state index contributed by atoms with van der Waals surface area (Å²) in [5.74, 6) is -0.514. The maximum atomic E-state index is 13.1. The molecule has 2 heterocycles. The number of fused-ring (bicyclic) bond motifs is 1. The first kappa shape index (κ1) is 17.4. The van der Waals surface area contributed by atoms with Crippen molar-refractivity contribution in [3.05, 3.63) is 76.5 Å². The number of hydrogen-bond donors (Lipinski definition) is 0. The molecule has 1 aromatic heterocycles. The van der Waals surface area contributed by atoms with E-state index >= 15 is 0 Å². The third kappa shape index (κ3) is 3.59. The highest BCUT2D eigenvalue weighted by Gasteiger charge is 2.26. The Kier molecular flexibility index (Phi) is 4.68. The Bertz CT molecular complexity index is 1030. The monoisotopic (exact) mass is 367 g/mol. The lowest BCUT2D eigenvalue weighted by atomic mass is 10.1. The Morgan fingerprint density at radius 1 is 1.19 bits per heavy atom. The van der Waals surface area contributed by atoms with E-state index in [1.165, 1.54) is 16.8 Å². The molecule has 27 heavy (non-hydrogen) atoms. The van der Waals surface area contributed by atoms with Crippen molar-refractivity contribution in [3.8, 4) is 0 Å². The van der Waals surface area contributed by atoms with Crippen molar-refractivity contribution in [1.82, 2.24) is 14.7 Å². The number of halogens is 1. The molecule has 1 atom stereocenters. The van der Waals surface area contributed by atoms with Gasteiger partial charge >= 0.3 is 0 Å². The minimum Gasteiger partial charge on any atom is -0.370 e. The molecule has 0 radical (unpaired) electrons. The van der Waals surface area contributed by atoms with E-state index in [0.29, 0.717) is 25.1 Å². The van der Waals surface area contributed by atoms with Crippen LogP contribution in [-0.2, 0) is 16.1 Å². The maximum absolute atomic E-state index is 13.1. The number of hydrogen-bond acceptors (Lipinski definition) is 4. The van der Waals surface area contributed by atoms with E-state index in [2.05, 4.69) is 5.10 Å². The van der Waals surface area contributed by atoms with Gasteiger partial charge < -0.3 is 9.64 Å². The van der Waals surface area contributed by atoms with Crippen molar-refractivity contribution in [1.29, 1.82) is 0 Å². The van der Waals surface area contributed by atoms with E-state index in [0.717, 1.165) is 10.9 Å². The summed E-state index contributed by atoms with van der Waals surface area (Å²) in [6, 6.07) is 13.2. The van der Waals surface area contributed by atoms with Crippen LogP contribution >= 0.6 is 0 Å². The van der Waals surface area contributed by atoms with Crippen molar-refractivity contribution in [2.24, 2.45) is 0 Å². The van der Waals surface area contributed by atoms with Crippen LogP contribution in [0.5, 0.6) is 0 Å². The predicted octanol–water partition coefficient (Wildman–Crippen LogP) is 2.14. The van der Waals surface area contributed by atoms with Crippen LogP contribution < -0.4 is 5.56 Å². The normalized spacial score (nSPS) is 17.2. The average molecular weight is 367 g/mol. The fourth-order valence-corrected chi connectivity index (χ4v) is 3.22. The van der Waals surface area contributed by atoms with Crippen LogP contribution in [0.2, 0.25) is 0 Å². The second kappa shape index (κ2) is 7.28. The van der Waals surface area contributed by atoms with Gasteiger partial charge in [-0.05, 0) is 23.8 Å². The summed E-state index contributed by atoms with van der Waals surface area (Å²) in [7, 11) is 0.